The van der Waals surface area contributed by atoms with Gasteiger partial charge in [-0.15, -0.1) is 0 Å². The molecule has 37 heavy (non-hydrogen) atoms. The maximum atomic E-state index is 13.2. The van der Waals surface area contributed by atoms with Crippen molar-refractivity contribution in [3.63, 3.8) is 0 Å². The summed E-state index contributed by atoms with van der Waals surface area (Å²) in [5.74, 6) is -3.55. The zero-order valence-corrected chi connectivity index (χ0v) is 20.8. The Morgan fingerprint density at radius 3 is 2.27 bits per heavy atom. The zero-order chi connectivity index (χ0) is 26.6. The molecule has 11 nitrogen and oxygen atoms in total. The van der Waals surface area contributed by atoms with Crippen LogP contribution in [0.2, 0.25) is 0 Å². The number of carbonyl (C=O) groups is 4. The molecule has 12 heteroatoms. The summed E-state index contributed by atoms with van der Waals surface area (Å²) in [5, 5.41) is 3.72. The highest BCUT2D eigenvalue weighted by Crippen LogP contribution is 2.33. The molecule has 0 radical (unpaired) electrons. The van der Waals surface area contributed by atoms with Crippen molar-refractivity contribution in [3.8, 4) is 0 Å². The van der Waals surface area contributed by atoms with Crippen LogP contribution in [0.1, 0.15) is 11.1 Å². The molecule has 2 fully saturated rings. The van der Waals surface area contributed by atoms with Crippen molar-refractivity contribution in [1.82, 2.24) is 15.5 Å². The predicted octanol–water partition coefficient (Wildman–Crippen LogP) is 0.395. The van der Waals surface area contributed by atoms with Crippen LogP contribution in [0.25, 0.3) is 0 Å². The molecule has 0 aromatic heterocycles. The van der Waals surface area contributed by atoms with Gasteiger partial charge in [-0.2, -0.15) is 0 Å². The van der Waals surface area contributed by atoms with Crippen molar-refractivity contribution in [2.24, 2.45) is 5.92 Å². The normalized spacial score (nSPS) is 22.6. The molecule has 0 spiro atoms. The molecule has 0 aliphatic carbocycles. The molecule has 196 valence electrons. The van der Waals surface area contributed by atoms with E-state index in [0.717, 1.165) is 23.1 Å². The highest BCUT2D eigenvalue weighted by molar-refractivity contribution is 7.92. The first-order chi connectivity index (χ1) is 17.7. The number of hydrogen-bond acceptors (Lipinski definition) is 8. The topological polar surface area (TPSA) is 148 Å². The zero-order valence-electron chi connectivity index (χ0n) is 20.0. The van der Waals surface area contributed by atoms with E-state index in [-0.39, 0.29) is 19.6 Å². The van der Waals surface area contributed by atoms with E-state index < -0.39 is 62.8 Å². The third-order valence-electron chi connectivity index (χ3n) is 6.30. The van der Waals surface area contributed by atoms with Crippen molar-refractivity contribution < 1.29 is 37.1 Å². The summed E-state index contributed by atoms with van der Waals surface area (Å²) in [7, 11) is -2.78. The van der Waals surface area contributed by atoms with E-state index in [1.165, 1.54) is 0 Å². The second-order valence-electron chi connectivity index (χ2n) is 8.87. The molecule has 3 amide bonds. The quantitative estimate of drug-likeness (QED) is 0.369. The summed E-state index contributed by atoms with van der Waals surface area (Å²) >= 11 is 0. The van der Waals surface area contributed by atoms with Crippen LogP contribution in [0, 0.1) is 5.92 Å². The highest BCUT2D eigenvalue weighted by atomic mass is 32.2. The average Bonchev–Trinajstić information content (AvgIpc) is 2.90. The van der Waals surface area contributed by atoms with Crippen molar-refractivity contribution in [2.75, 3.05) is 19.4 Å². The molecule has 1 unspecified atom stereocenters. The Morgan fingerprint density at radius 2 is 1.65 bits per heavy atom. The van der Waals surface area contributed by atoms with Crippen molar-refractivity contribution >= 4 is 33.7 Å². The molecule has 2 aliphatic rings. The minimum absolute atomic E-state index is 0.00982. The molecule has 2 N–H and O–H groups in total. The first-order valence-electron chi connectivity index (χ1n) is 11.6. The molecule has 2 aromatic carbocycles. The molecular formula is C25H27N3O8S. The van der Waals surface area contributed by atoms with Crippen LogP contribution in [0.15, 0.2) is 60.7 Å². The Balaban J connectivity index is 1.44. The summed E-state index contributed by atoms with van der Waals surface area (Å²) in [6.45, 7) is -0.122. The van der Waals surface area contributed by atoms with Gasteiger partial charge < -0.3 is 25.0 Å². The third kappa shape index (κ3) is 5.91. The maximum absolute atomic E-state index is 13.2. The molecular weight excluding hydrogens is 502 g/mol. The number of β-lactam (4-membered cyclic amide) rings is 1. The summed E-state index contributed by atoms with van der Waals surface area (Å²) in [5.41, 5.74) is 1.49. The molecule has 4 atom stereocenters. The van der Waals surface area contributed by atoms with Crippen LogP contribution in [0.5, 0.6) is 0 Å². The van der Waals surface area contributed by atoms with E-state index in [9.17, 15) is 27.6 Å². The number of methoxy groups -OCH3 is 1. The average molecular weight is 530 g/mol. The Morgan fingerprint density at radius 1 is 1.03 bits per heavy atom. The summed E-state index contributed by atoms with van der Waals surface area (Å²) in [4.78, 5) is 51.3. The lowest BCUT2D eigenvalue weighted by Crippen LogP contribution is -2.77. The molecule has 2 aromatic rings. The van der Waals surface area contributed by atoms with Gasteiger partial charge in [-0.1, -0.05) is 60.7 Å². The van der Waals surface area contributed by atoms with E-state index in [0.29, 0.717) is 0 Å². The van der Waals surface area contributed by atoms with Gasteiger partial charge in [0.1, 0.15) is 18.7 Å². The van der Waals surface area contributed by atoms with Gasteiger partial charge in [-0.3, -0.25) is 14.4 Å². The minimum atomic E-state index is -3.93. The van der Waals surface area contributed by atoms with Crippen LogP contribution in [0.4, 0.5) is 4.79 Å². The monoisotopic (exact) mass is 529 g/mol. The van der Waals surface area contributed by atoms with Gasteiger partial charge in [-0.25, -0.2) is 13.2 Å². The lowest BCUT2D eigenvalue weighted by atomic mass is 10.0. The summed E-state index contributed by atoms with van der Waals surface area (Å²) < 4.78 is 35.5. The number of alkyl carbamates (subject to hydrolysis) is 1. The number of sulfone groups is 1. The number of amides is 3. The minimum Gasteiger partial charge on any atom is -0.469 e. The summed E-state index contributed by atoms with van der Waals surface area (Å²) in [6.07, 6.45) is -0.757. The Labute approximate surface area is 214 Å². The van der Waals surface area contributed by atoms with Crippen LogP contribution >= 0.6 is 0 Å². The number of nitrogens with zero attached hydrogens (tertiary/aromatic N) is 1. The SMILES string of the molecule is COC(=O)C1CN2C(=O)[C@@H](NC(=O)[C@H](Cc3ccccc3)NC(=O)OCc3ccccc3)[C@@H]2S(=O)(=O)C1. The maximum Gasteiger partial charge on any atom is 0.408 e. The standard InChI is InChI=1S/C25H27N3O8S/c1-35-24(31)18-13-28-22(30)20(23(28)37(33,34)15-18)27-21(29)19(12-16-8-4-2-5-9-16)26-25(32)36-14-17-10-6-3-7-11-17/h2-11,18-20,23H,12-15H2,1H3,(H,26,32)(H,27,29)/t18?,19-,20+,23-/m0/s1. The Kier molecular flexibility index (Phi) is 7.77. The fraction of sp³-hybridized carbons (Fsp3) is 0.360. The Hall–Kier alpha value is -3.93. The van der Waals surface area contributed by atoms with Crippen molar-refractivity contribution in [1.29, 1.82) is 0 Å². The lowest BCUT2D eigenvalue weighted by molar-refractivity contribution is -0.155. The fourth-order valence-electron chi connectivity index (χ4n) is 4.45. The predicted molar refractivity (Wildman–Crippen MR) is 130 cm³/mol. The van der Waals surface area contributed by atoms with Gasteiger partial charge in [0.05, 0.1) is 18.8 Å². The van der Waals surface area contributed by atoms with Gasteiger partial charge in [0.15, 0.2) is 15.2 Å². The molecule has 0 saturated carbocycles. The van der Waals surface area contributed by atoms with Crippen molar-refractivity contribution in [2.45, 2.75) is 30.5 Å². The number of esters is 1. The van der Waals surface area contributed by atoms with Gasteiger partial charge in [0, 0.05) is 13.0 Å². The van der Waals surface area contributed by atoms with E-state index >= 15 is 0 Å². The van der Waals surface area contributed by atoms with Crippen LogP contribution in [-0.2, 0) is 46.7 Å². The van der Waals surface area contributed by atoms with E-state index in [2.05, 4.69) is 15.4 Å². The largest absolute Gasteiger partial charge is 0.469 e. The lowest BCUT2D eigenvalue weighted by Gasteiger charge is -2.50. The van der Waals surface area contributed by atoms with E-state index in [1.807, 2.05) is 6.07 Å². The molecule has 2 heterocycles. The van der Waals surface area contributed by atoms with E-state index in [1.54, 1.807) is 54.6 Å². The molecule has 2 aliphatic heterocycles. The van der Waals surface area contributed by atoms with Gasteiger partial charge in [0.25, 0.3) is 0 Å². The van der Waals surface area contributed by atoms with Crippen LogP contribution in [0.3, 0.4) is 0 Å². The first kappa shape index (κ1) is 26.1. The number of fused-ring (bicyclic) bond motifs is 1. The number of nitrogens with one attached hydrogen (secondary N) is 2. The smallest absolute Gasteiger partial charge is 0.408 e. The van der Waals surface area contributed by atoms with Crippen molar-refractivity contribution in [3.05, 3.63) is 71.8 Å². The van der Waals surface area contributed by atoms with Crippen LogP contribution in [-0.4, -0.2) is 74.1 Å². The highest BCUT2D eigenvalue weighted by Gasteiger charge is 2.59. The number of ether oxygens (including phenoxy) is 2. The fourth-order valence-corrected chi connectivity index (χ4v) is 6.63. The van der Waals surface area contributed by atoms with Gasteiger partial charge >= 0.3 is 12.1 Å². The molecule has 0 bridgehead atoms. The molecule has 4 rings (SSSR count). The van der Waals surface area contributed by atoms with Crippen LogP contribution < -0.4 is 10.6 Å². The third-order valence-corrected chi connectivity index (χ3v) is 8.43. The summed E-state index contributed by atoms with van der Waals surface area (Å²) in [6, 6.07) is 15.4. The molecule has 2 saturated heterocycles. The van der Waals surface area contributed by atoms with Gasteiger partial charge in [0.2, 0.25) is 11.8 Å². The number of rotatable bonds is 8. The Bertz CT molecular complexity index is 1270. The second-order valence-corrected chi connectivity index (χ2v) is 11.0. The number of hydrogen-bond donors (Lipinski definition) is 2. The van der Waals surface area contributed by atoms with E-state index in [4.69, 9.17) is 4.74 Å². The first-order valence-corrected chi connectivity index (χ1v) is 13.3. The number of benzene rings is 2. The van der Waals surface area contributed by atoms with Gasteiger partial charge in [-0.05, 0) is 11.1 Å². The number of carbonyl (C=O) groups excluding carboxylic acids is 4. The second kappa shape index (κ2) is 11.0.